The molecule has 0 unspecified atom stereocenters. The van der Waals surface area contributed by atoms with Crippen molar-refractivity contribution in [2.24, 2.45) is 0 Å². The number of aryl methyl sites for hydroxylation is 1. The number of nitrogens with zero attached hydrogens (tertiary/aromatic N) is 4. The molecule has 0 radical (unpaired) electrons. The molecule has 0 aliphatic carbocycles. The first-order valence-electron chi connectivity index (χ1n) is 11.1. The number of benzene rings is 2. The molecule has 0 bridgehead atoms. The van der Waals surface area contributed by atoms with Gasteiger partial charge in [-0.25, -0.2) is 0 Å². The second-order valence-electron chi connectivity index (χ2n) is 7.97. The van der Waals surface area contributed by atoms with Gasteiger partial charge in [-0.15, -0.1) is 0 Å². The minimum Gasteiger partial charge on any atom is -0.327 e. The zero-order valence-electron chi connectivity index (χ0n) is 18.7. The van der Waals surface area contributed by atoms with Crippen molar-refractivity contribution in [2.45, 2.75) is 19.9 Å². The Morgan fingerprint density at radius 2 is 1.82 bits per heavy atom. The molecule has 6 nitrogen and oxygen atoms in total. The van der Waals surface area contributed by atoms with Gasteiger partial charge in [0.1, 0.15) is 11.4 Å². The zero-order chi connectivity index (χ0) is 23.5. The highest BCUT2D eigenvalue weighted by atomic mass is 32.1. The lowest BCUT2D eigenvalue weighted by Gasteiger charge is -2.17. The van der Waals surface area contributed by atoms with Crippen molar-refractivity contribution in [1.82, 2.24) is 20.1 Å². The Morgan fingerprint density at radius 3 is 2.59 bits per heavy atom. The van der Waals surface area contributed by atoms with Crippen LogP contribution in [0.5, 0.6) is 0 Å². The molecule has 3 heterocycles. The van der Waals surface area contributed by atoms with E-state index in [0.717, 1.165) is 40.1 Å². The van der Waals surface area contributed by atoms with E-state index >= 15 is 0 Å². The molecule has 1 aliphatic rings. The maximum atomic E-state index is 13.4. The number of hydrogen-bond acceptors (Lipinski definition) is 4. The first-order valence-corrected chi connectivity index (χ1v) is 11.5. The number of pyridine rings is 1. The molecule has 0 atom stereocenters. The second kappa shape index (κ2) is 9.41. The van der Waals surface area contributed by atoms with Crippen LogP contribution in [-0.4, -0.2) is 25.8 Å². The molecule has 1 fully saturated rings. The average molecular weight is 466 g/mol. The van der Waals surface area contributed by atoms with Crippen LogP contribution < -0.4 is 10.2 Å². The number of nitrogens with one attached hydrogen (secondary N) is 1. The molecule has 7 heteroatoms. The third kappa shape index (κ3) is 4.25. The highest BCUT2D eigenvalue weighted by molar-refractivity contribution is 7.80. The summed E-state index contributed by atoms with van der Waals surface area (Å²) >= 11 is 5.54. The summed E-state index contributed by atoms with van der Waals surface area (Å²) in [5.74, 6) is -0.182. The van der Waals surface area contributed by atoms with Crippen molar-refractivity contribution in [3.63, 3.8) is 0 Å². The van der Waals surface area contributed by atoms with E-state index in [-0.39, 0.29) is 5.91 Å². The number of carbonyl (C=O) groups is 1. The molecule has 1 amide bonds. The largest absolute Gasteiger partial charge is 0.327 e. The maximum absolute atomic E-state index is 13.4. The van der Waals surface area contributed by atoms with Gasteiger partial charge < -0.3 is 5.32 Å². The Balaban J connectivity index is 1.53. The van der Waals surface area contributed by atoms with Crippen molar-refractivity contribution >= 4 is 35.0 Å². The summed E-state index contributed by atoms with van der Waals surface area (Å²) < 4.78 is 1.88. The van der Waals surface area contributed by atoms with E-state index < -0.39 is 0 Å². The van der Waals surface area contributed by atoms with Crippen LogP contribution >= 0.6 is 12.2 Å². The molecule has 1 N–H and O–H groups in total. The monoisotopic (exact) mass is 465 g/mol. The lowest BCUT2D eigenvalue weighted by molar-refractivity contribution is -0.113. The summed E-state index contributed by atoms with van der Waals surface area (Å²) in [5.41, 5.74) is 5.87. The van der Waals surface area contributed by atoms with Gasteiger partial charge in [-0.1, -0.05) is 55.5 Å². The summed E-state index contributed by atoms with van der Waals surface area (Å²) in [6.07, 6.45) is 8.07. The third-order valence-electron chi connectivity index (χ3n) is 5.70. The van der Waals surface area contributed by atoms with E-state index in [1.54, 1.807) is 17.3 Å². The normalized spacial score (nSPS) is 14.6. The van der Waals surface area contributed by atoms with Gasteiger partial charge in [0.25, 0.3) is 5.91 Å². The van der Waals surface area contributed by atoms with Crippen LogP contribution in [0.3, 0.4) is 0 Å². The molecular weight excluding hydrogens is 442 g/mol. The van der Waals surface area contributed by atoms with Crippen LogP contribution in [0.4, 0.5) is 5.69 Å². The number of anilines is 1. The fraction of sp³-hybridized carbons (Fsp3) is 0.111. The fourth-order valence-electron chi connectivity index (χ4n) is 4.06. The molecule has 1 aliphatic heterocycles. The number of thiocarbonyl (C=S) groups is 1. The van der Waals surface area contributed by atoms with Crippen LogP contribution in [0, 0.1) is 0 Å². The Kier molecular flexibility index (Phi) is 6.01. The second-order valence-corrected chi connectivity index (χ2v) is 8.36. The Morgan fingerprint density at radius 1 is 1.03 bits per heavy atom. The summed E-state index contributed by atoms with van der Waals surface area (Å²) in [5, 5.41) is 8.29. The topological polar surface area (TPSA) is 63.1 Å². The molecular formula is C27H23N5OS. The van der Waals surface area contributed by atoms with Gasteiger partial charge in [-0.3, -0.25) is 19.4 Å². The first-order chi connectivity index (χ1) is 16.6. The summed E-state index contributed by atoms with van der Waals surface area (Å²) in [4.78, 5) is 19.2. The number of carbonyl (C=O) groups excluding carboxylic acids is 1. The zero-order valence-corrected chi connectivity index (χ0v) is 19.5. The average Bonchev–Trinajstić information content (AvgIpc) is 3.39. The van der Waals surface area contributed by atoms with Crippen LogP contribution in [0.25, 0.3) is 17.3 Å². The standard InChI is InChI=1S/C27H23N5OS/c1-2-20-11-6-7-13-24(20)32-26(33)23(29-27(32)34)15-22-18-31(17-19-9-4-3-5-10-19)30-25(22)21-12-8-14-28-16-21/h3-16,18H,2,17H2,1H3,(H,29,34)/b23-15+. The predicted octanol–water partition coefficient (Wildman–Crippen LogP) is 4.82. The van der Waals surface area contributed by atoms with Crippen molar-refractivity contribution in [3.05, 3.63) is 108 Å². The van der Waals surface area contributed by atoms with E-state index in [9.17, 15) is 4.79 Å². The Hall–Kier alpha value is -4.10. The van der Waals surface area contributed by atoms with Crippen LogP contribution in [0.1, 0.15) is 23.6 Å². The third-order valence-corrected chi connectivity index (χ3v) is 5.99. The van der Waals surface area contributed by atoms with Gasteiger partial charge in [-0.05, 0) is 54.0 Å². The highest BCUT2D eigenvalue weighted by Crippen LogP contribution is 2.29. The minimum atomic E-state index is -0.182. The van der Waals surface area contributed by atoms with Crippen molar-refractivity contribution < 1.29 is 4.79 Å². The smallest absolute Gasteiger partial charge is 0.281 e. The molecule has 2 aromatic carbocycles. The van der Waals surface area contributed by atoms with Gasteiger partial charge in [0.15, 0.2) is 5.11 Å². The summed E-state index contributed by atoms with van der Waals surface area (Å²) in [6, 6.07) is 21.8. The van der Waals surface area contributed by atoms with E-state index in [1.165, 1.54) is 0 Å². The molecule has 34 heavy (non-hydrogen) atoms. The number of rotatable bonds is 6. The molecule has 2 aromatic heterocycles. The van der Waals surface area contributed by atoms with Gasteiger partial charge in [0.2, 0.25) is 0 Å². The van der Waals surface area contributed by atoms with Crippen LogP contribution in [0.2, 0.25) is 0 Å². The van der Waals surface area contributed by atoms with Crippen LogP contribution in [-0.2, 0) is 17.8 Å². The van der Waals surface area contributed by atoms with Gasteiger partial charge in [-0.2, -0.15) is 5.10 Å². The Bertz CT molecular complexity index is 1380. The van der Waals surface area contributed by atoms with Crippen molar-refractivity contribution in [3.8, 4) is 11.3 Å². The quantitative estimate of drug-likeness (QED) is 0.327. The molecule has 168 valence electrons. The van der Waals surface area contributed by atoms with Gasteiger partial charge >= 0.3 is 0 Å². The fourth-order valence-corrected chi connectivity index (χ4v) is 4.35. The number of aromatic nitrogens is 3. The van der Waals surface area contributed by atoms with E-state index in [1.807, 2.05) is 71.6 Å². The lowest BCUT2D eigenvalue weighted by Crippen LogP contribution is -2.31. The molecule has 0 spiro atoms. The van der Waals surface area contributed by atoms with Crippen molar-refractivity contribution in [2.75, 3.05) is 4.90 Å². The molecule has 0 saturated carbocycles. The molecule has 4 aromatic rings. The number of hydrogen-bond donors (Lipinski definition) is 1. The molecule has 1 saturated heterocycles. The maximum Gasteiger partial charge on any atom is 0.281 e. The minimum absolute atomic E-state index is 0.182. The Labute approximate surface area is 203 Å². The molecule has 5 rings (SSSR count). The lowest BCUT2D eigenvalue weighted by atomic mass is 10.1. The van der Waals surface area contributed by atoms with E-state index in [2.05, 4.69) is 29.4 Å². The number of amides is 1. The predicted molar refractivity (Wildman–Crippen MR) is 138 cm³/mol. The SMILES string of the molecule is CCc1ccccc1N1C(=O)/C(=C\c2cn(Cc3ccccc3)nc2-c2cccnc2)NC1=S. The van der Waals surface area contributed by atoms with Gasteiger partial charge in [0, 0.05) is 29.7 Å². The number of para-hydroxylation sites is 1. The first kappa shape index (κ1) is 21.7. The summed E-state index contributed by atoms with van der Waals surface area (Å²) in [7, 11) is 0. The van der Waals surface area contributed by atoms with Crippen molar-refractivity contribution in [1.29, 1.82) is 0 Å². The summed E-state index contributed by atoms with van der Waals surface area (Å²) in [6.45, 7) is 2.68. The van der Waals surface area contributed by atoms with E-state index in [0.29, 0.717) is 17.4 Å². The van der Waals surface area contributed by atoms with Crippen LogP contribution in [0.15, 0.2) is 91.0 Å². The van der Waals surface area contributed by atoms with E-state index in [4.69, 9.17) is 17.3 Å². The highest BCUT2D eigenvalue weighted by Gasteiger charge is 2.33. The van der Waals surface area contributed by atoms with Gasteiger partial charge in [0.05, 0.1) is 12.2 Å².